The van der Waals surface area contributed by atoms with Crippen molar-refractivity contribution in [1.82, 2.24) is 9.29 Å². The first-order valence-corrected chi connectivity index (χ1v) is 11.8. The van der Waals surface area contributed by atoms with Gasteiger partial charge in [-0.2, -0.15) is 4.31 Å². The molecule has 1 aliphatic heterocycles. The fourth-order valence-corrected chi connectivity index (χ4v) is 5.38. The van der Waals surface area contributed by atoms with Crippen LogP contribution in [0.1, 0.15) is 12.8 Å². The molecule has 7 nitrogen and oxygen atoms in total. The minimum Gasteiger partial charge on any atom is -0.431 e. The van der Waals surface area contributed by atoms with Gasteiger partial charge in [0.2, 0.25) is 15.9 Å². The Morgan fingerprint density at radius 1 is 1.17 bits per heavy atom. The predicted molar refractivity (Wildman–Crippen MR) is 113 cm³/mol. The number of oxazole rings is 1. The van der Waals surface area contributed by atoms with Crippen molar-refractivity contribution in [3.63, 3.8) is 0 Å². The van der Waals surface area contributed by atoms with Crippen molar-refractivity contribution >= 4 is 56.1 Å². The number of halogens is 1. The van der Waals surface area contributed by atoms with E-state index >= 15 is 0 Å². The van der Waals surface area contributed by atoms with Gasteiger partial charge in [0.15, 0.2) is 5.58 Å². The molecule has 2 aromatic carbocycles. The normalized spacial score (nSPS) is 15.1. The zero-order valence-electron chi connectivity index (χ0n) is 15.3. The molecule has 1 aromatic heterocycles. The minimum atomic E-state index is -3.46. The van der Waals surface area contributed by atoms with E-state index in [1.54, 1.807) is 30.3 Å². The lowest BCUT2D eigenvalue weighted by Gasteiger charge is -2.15. The first-order valence-electron chi connectivity index (χ1n) is 9.01. The Morgan fingerprint density at radius 2 is 1.90 bits per heavy atom. The van der Waals surface area contributed by atoms with E-state index in [9.17, 15) is 13.2 Å². The van der Waals surface area contributed by atoms with Gasteiger partial charge in [-0.1, -0.05) is 23.4 Å². The van der Waals surface area contributed by atoms with Crippen LogP contribution in [0.15, 0.2) is 57.0 Å². The van der Waals surface area contributed by atoms with Gasteiger partial charge in [-0.25, -0.2) is 13.4 Å². The van der Waals surface area contributed by atoms with Crippen molar-refractivity contribution in [1.29, 1.82) is 0 Å². The number of carbonyl (C=O) groups is 1. The van der Waals surface area contributed by atoms with Crippen LogP contribution in [0.2, 0.25) is 5.02 Å². The molecule has 1 fully saturated rings. The molecule has 1 N–H and O–H groups in total. The second-order valence-electron chi connectivity index (χ2n) is 6.56. The van der Waals surface area contributed by atoms with Crippen molar-refractivity contribution in [2.75, 3.05) is 24.2 Å². The maximum absolute atomic E-state index is 12.5. The lowest BCUT2D eigenvalue weighted by atomic mass is 10.3. The molecule has 3 aromatic rings. The summed E-state index contributed by atoms with van der Waals surface area (Å²) in [7, 11) is -3.46. The fraction of sp³-hybridized carbons (Fsp3) is 0.263. The van der Waals surface area contributed by atoms with Gasteiger partial charge in [0.05, 0.1) is 10.6 Å². The number of anilines is 1. The molecular weight excluding hydrogens is 434 g/mol. The molecule has 0 saturated carbocycles. The minimum absolute atomic E-state index is 0.106. The number of hydrogen-bond donors (Lipinski definition) is 1. The third-order valence-corrected chi connectivity index (χ3v) is 7.47. The Bertz CT molecular complexity index is 1140. The third-order valence-electron chi connectivity index (χ3n) is 4.50. The van der Waals surface area contributed by atoms with Crippen LogP contribution in [0, 0.1) is 0 Å². The van der Waals surface area contributed by atoms with Crippen molar-refractivity contribution in [3.8, 4) is 0 Å². The Hall–Kier alpha value is -2.07. The summed E-state index contributed by atoms with van der Waals surface area (Å²) in [6.45, 7) is 1.11. The number of amides is 1. The van der Waals surface area contributed by atoms with Crippen molar-refractivity contribution in [2.45, 2.75) is 23.0 Å². The standard InChI is InChI=1S/C19H18ClN3O4S2/c20-13-3-8-17-16(11-13)22-19(27-17)28-12-18(24)21-14-4-6-15(7-5-14)29(25,26)23-9-1-2-10-23/h3-8,11H,1-2,9-10,12H2,(H,21,24). The molecule has 0 aliphatic carbocycles. The average Bonchev–Trinajstić information content (AvgIpc) is 3.36. The van der Waals surface area contributed by atoms with E-state index in [0.717, 1.165) is 12.8 Å². The third kappa shape index (κ3) is 4.58. The Kier molecular flexibility index (Phi) is 5.82. The van der Waals surface area contributed by atoms with Crippen LogP contribution in [0.25, 0.3) is 11.1 Å². The van der Waals surface area contributed by atoms with Crippen molar-refractivity contribution in [2.24, 2.45) is 0 Å². The van der Waals surface area contributed by atoms with E-state index in [0.29, 0.717) is 40.1 Å². The highest BCUT2D eigenvalue weighted by molar-refractivity contribution is 7.99. The molecule has 0 unspecified atom stereocenters. The fourth-order valence-electron chi connectivity index (χ4n) is 3.05. The zero-order valence-corrected chi connectivity index (χ0v) is 17.7. The van der Waals surface area contributed by atoms with Gasteiger partial charge in [0, 0.05) is 23.8 Å². The largest absolute Gasteiger partial charge is 0.431 e. The smallest absolute Gasteiger partial charge is 0.257 e. The van der Waals surface area contributed by atoms with Crippen LogP contribution in [0.3, 0.4) is 0 Å². The zero-order chi connectivity index (χ0) is 20.4. The Balaban J connectivity index is 1.35. The van der Waals surface area contributed by atoms with Gasteiger partial charge in [-0.15, -0.1) is 0 Å². The summed E-state index contributed by atoms with van der Waals surface area (Å²) >= 11 is 7.10. The Morgan fingerprint density at radius 3 is 2.62 bits per heavy atom. The molecule has 1 saturated heterocycles. The summed E-state index contributed by atoms with van der Waals surface area (Å²) in [5.41, 5.74) is 1.77. The molecule has 4 rings (SSSR count). The van der Waals surface area contributed by atoms with E-state index in [2.05, 4.69) is 10.3 Å². The highest BCUT2D eigenvalue weighted by Gasteiger charge is 2.26. The number of sulfonamides is 1. The summed E-state index contributed by atoms with van der Waals surface area (Å²) < 4.78 is 32.1. The van der Waals surface area contributed by atoms with E-state index in [-0.39, 0.29) is 16.6 Å². The van der Waals surface area contributed by atoms with Crippen LogP contribution in [-0.4, -0.2) is 42.5 Å². The van der Waals surface area contributed by atoms with Crippen LogP contribution >= 0.6 is 23.4 Å². The highest BCUT2D eigenvalue weighted by Crippen LogP contribution is 2.26. The summed E-state index contributed by atoms with van der Waals surface area (Å²) in [6, 6.07) is 11.3. The second kappa shape index (κ2) is 8.35. The highest BCUT2D eigenvalue weighted by atomic mass is 35.5. The summed E-state index contributed by atoms with van der Waals surface area (Å²) in [6.07, 6.45) is 1.77. The monoisotopic (exact) mass is 451 g/mol. The first-order chi connectivity index (χ1) is 13.9. The van der Waals surface area contributed by atoms with Gasteiger partial charge in [0.1, 0.15) is 5.52 Å². The van der Waals surface area contributed by atoms with E-state index in [4.69, 9.17) is 16.0 Å². The van der Waals surface area contributed by atoms with Gasteiger partial charge >= 0.3 is 0 Å². The number of benzene rings is 2. The number of nitrogens with one attached hydrogen (secondary N) is 1. The molecule has 29 heavy (non-hydrogen) atoms. The lowest BCUT2D eigenvalue weighted by Crippen LogP contribution is -2.27. The van der Waals surface area contributed by atoms with E-state index in [1.165, 1.54) is 28.2 Å². The Labute approximate surface area is 177 Å². The summed E-state index contributed by atoms with van der Waals surface area (Å²) in [5, 5.41) is 3.69. The molecule has 0 bridgehead atoms. The molecule has 0 radical (unpaired) electrons. The van der Waals surface area contributed by atoms with Crippen LogP contribution in [-0.2, 0) is 14.8 Å². The second-order valence-corrected chi connectivity index (χ2v) is 9.87. The first kappa shape index (κ1) is 20.2. The summed E-state index contributed by atoms with van der Waals surface area (Å²) in [4.78, 5) is 16.7. The number of carbonyl (C=O) groups excluding carboxylic acids is 1. The van der Waals surface area contributed by atoms with Crippen LogP contribution in [0.4, 0.5) is 5.69 Å². The maximum atomic E-state index is 12.5. The van der Waals surface area contributed by atoms with E-state index < -0.39 is 10.0 Å². The molecule has 0 atom stereocenters. The van der Waals surface area contributed by atoms with Gasteiger partial charge in [0.25, 0.3) is 5.22 Å². The number of rotatable bonds is 6. The van der Waals surface area contributed by atoms with Crippen molar-refractivity contribution in [3.05, 3.63) is 47.5 Å². The number of aromatic nitrogens is 1. The van der Waals surface area contributed by atoms with Gasteiger partial charge in [-0.05, 0) is 55.3 Å². The number of fused-ring (bicyclic) bond motifs is 1. The van der Waals surface area contributed by atoms with Gasteiger partial charge < -0.3 is 9.73 Å². The molecule has 10 heteroatoms. The SMILES string of the molecule is O=C(CSc1nc2cc(Cl)ccc2o1)Nc1ccc(S(=O)(=O)N2CCCC2)cc1. The quantitative estimate of drug-likeness (QED) is 0.569. The lowest BCUT2D eigenvalue weighted by molar-refractivity contribution is -0.113. The number of nitrogens with zero attached hydrogens (tertiary/aromatic N) is 2. The predicted octanol–water partition coefficient (Wildman–Crippen LogP) is 4.00. The van der Waals surface area contributed by atoms with E-state index in [1.807, 2.05) is 0 Å². The average molecular weight is 452 g/mol. The molecule has 1 amide bonds. The van der Waals surface area contributed by atoms with Gasteiger partial charge in [-0.3, -0.25) is 4.79 Å². The number of thioether (sulfide) groups is 1. The molecule has 2 heterocycles. The van der Waals surface area contributed by atoms with Crippen molar-refractivity contribution < 1.29 is 17.6 Å². The van der Waals surface area contributed by atoms with Crippen LogP contribution < -0.4 is 5.32 Å². The van der Waals surface area contributed by atoms with Crippen LogP contribution in [0.5, 0.6) is 0 Å². The molecule has 1 aliphatic rings. The summed E-state index contributed by atoms with van der Waals surface area (Å²) in [5.74, 6) is -0.139. The number of hydrogen-bond acceptors (Lipinski definition) is 6. The molecule has 152 valence electrons. The molecular formula is C19H18ClN3O4S2. The maximum Gasteiger partial charge on any atom is 0.257 e. The topological polar surface area (TPSA) is 92.5 Å². The molecule has 0 spiro atoms.